The van der Waals surface area contributed by atoms with Crippen molar-refractivity contribution in [3.63, 3.8) is 0 Å². The molecule has 2 unspecified atom stereocenters. The number of fused-ring (bicyclic) bond motifs is 3. The van der Waals surface area contributed by atoms with Gasteiger partial charge in [-0.2, -0.15) is 0 Å². The highest BCUT2D eigenvalue weighted by Crippen LogP contribution is 2.31. The number of aromatic amines is 1. The van der Waals surface area contributed by atoms with Gasteiger partial charge in [0.25, 0.3) is 0 Å². The van der Waals surface area contributed by atoms with Gasteiger partial charge >= 0.3 is 0 Å². The number of halogens is 2. The first-order valence-electron chi connectivity index (χ1n) is 7.22. The molecule has 3 rings (SSSR count). The maximum Gasteiger partial charge on any atom is 0.143 e. The molecule has 2 atom stereocenters. The lowest BCUT2D eigenvalue weighted by Crippen LogP contribution is -2.46. The summed E-state index contributed by atoms with van der Waals surface area (Å²) in [6, 6.07) is 4.95. The van der Waals surface area contributed by atoms with Crippen LogP contribution in [0.5, 0.6) is 0 Å². The number of nitrogens with one attached hydrogen (secondary N) is 1. The van der Waals surface area contributed by atoms with E-state index in [4.69, 9.17) is 5.11 Å². The van der Waals surface area contributed by atoms with Crippen LogP contribution in [0, 0.1) is 5.82 Å². The number of benzene rings is 1. The molecule has 0 saturated carbocycles. The van der Waals surface area contributed by atoms with Crippen molar-refractivity contribution in [2.45, 2.75) is 38.5 Å². The lowest BCUT2D eigenvalue weighted by molar-refractivity contribution is 0.0277. The number of aliphatic hydroxyl groups excluding tert-OH is 1. The maximum absolute atomic E-state index is 14.1. The quantitative estimate of drug-likeness (QED) is 0.913. The van der Waals surface area contributed by atoms with Crippen molar-refractivity contribution in [2.24, 2.45) is 0 Å². The van der Waals surface area contributed by atoms with E-state index >= 15 is 0 Å². The zero-order chi connectivity index (χ0) is 15.2. The molecule has 0 radical (unpaired) electrons. The molecule has 3 nitrogen and oxygen atoms in total. The van der Waals surface area contributed by atoms with Crippen molar-refractivity contribution in [1.29, 1.82) is 0 Å². The van der Waals surface area contributed by atoms with E-state index in [1.54, 1.807) is 6.07 Å². The average molecular weight is 294 g/mol. The molecular weight excluding hydrogens is 274 g/mol. The first-order chi connectivity index (χ1) is 9.89. The molecule has 1 aliphatic rings. The van der Waals surface area contributed by atoms with Gasteiger partial charge in [0.1, 0.15) is 11.5 Å². The lowest BCUT2D eigenvalue weighted by atomic mass is 9.96. The summed E-state index contributed by atoms with van der Waals surface area (Å²) in [6.45, 7) is 3.76. The molecule has 1 aromatic carbocycles. The monoisotopic (exact) mass is 294 g/mol. The third kappa shape index (κ3) is 2.68. The molecule has 0 amide bonds. The number of hydrogen-bond donors (Lipinski definition) is 2. The Bertz CT molecular complexity index is 666. The van der Waals surface area contributed by atoms with Gasteiger partial charge < -0.3 is 10.1 Å². The fourth-order valence-corrected chi connectivity index (χ4v) is 3.12. The van der Waals surface area contributed by atoms with E-state index in [2.05, 4.69) is 11.9 Å². The fraction of sp³-hybridized carbons (Fsp3) is 0.500. The number of H-pyrrole nitrogens is 1. The Balaban J connectivity index is 1.92. The SMILES string of the molecule is CC1Cc2c([nH]c3cc(F)ccc23)CN1CC(C)(F)CO. The Morgan fingerprint density at radius 1 is 1.48 bits per heavy atom. The molecule has 1 aromatic heterocycles. The van der Waals surface area contributed by atoms with Crippen LogP contribution < -0.4 is 0 Å². The second-order valence-corrected chi connectivity index (χ2v) is 6.30. The molecule has 2 aromatic rings. The largest absolute Gasteiger partial charge is 0.393 e. The minimum atomic E-state index is -1.61. The summed E-state index contributed by atoms with van der Waals surface area (Å²) in [5, 5.41) is 10.1. The minimum Gasteiger partial charge on any atom is -0.393 e. The summed E-state index contributed by atoms with van der Waals surface area (Å²) in [5.41, 5.74) is 1.39. The van der Waals surface area contributed by atoms with Crippen LogP contribution in [0.1, 0.15) is 25.1 Å². The van der Waals surface area contributed by atoms with E-state index in [9.17, 15) is 8.78 Å². The van der Waals surface area contributed by atoms with E-state index in [1.807, 2.05) is 4.90 Å². The predicted molar refractivity (Wildman–Crippen MR) is 78.4 cm³/mol. The lowest BCUT2D eigenvalue weighted by Gasteiger charge is -2.36. The Hall–Kier alpha value is -1.46. The highest BCUT2D eigenvalue weighted by atomic mass is 19.1. The molecule has 0 bridgehead atoms. The number of hydrogen-bond acceptors (Lipinski definition) is 2. The van der Waals surface area contributed by atoms with Crippen molar-refractivity contribution < 1.29 is 13.9 Å². The number of alkyl halides is 1. The van der Waals surface area contributed by atoms with E-state index < -0.39 is 12.3 Å². The van der Waals surface area contributed by atoms with E-state index in [1.165, 1.54) is 24.6 Å². The van der Waals surface area contributed by atoms with Crippen molar-refractivity contribution >= 4 is 10.9 Å². The second kappa shape index (κ2) is 5.07. The molecule has 21 heavy (non-hydrogen) atoms. The first kappa shape index (κ1) is 14.5. The van der Waals surface area contributed by atoms with Gasteiger partial charge in [0.05, 0.1) is 6.61 Å². The van der Waals surface area contributed by atoms with Crippen LogP contribution in [-0.4, -0.2) is 39.9 Å². The number of rotatable bonds is 3. The van der Waals surface area contributed by atoms with Crippen molar-refractivity contribution in [2.75, 3.05) is 13.2 Å². The zero-order valence-corrected chi connectivity index (χ0v) is 12.3. The predicted octanol–water partition coefficient (Wildman–Crippen LogP) is 2.77. The number of aliphatic hydroxyl groups is 1. The van der Waals surface area contributed by atoms with Gasteiger partial charge in [-0.15, -0.1) is 0 Å². The first-order valence-corrected chi connectivity index (χ1v) is 7.22. The maximum atomic E-state index is 14.1. The molecule has 5 heteroatoms. The normalized spacial score (nSPS) is 22.2. The summed E-state index contributed by atoms with van der Waals surface area (Å²) in [7, 11) is 0. The Morgan fingerprint density at radius 2 is 2.24 bits per heavy atom. The van der Waals surface area contributed by atoms with Gasteiger partial charge in [0, 0.05) is 35.7 Å². The third-order valence-corrected chi connectivity index (χ3v) is 4.30. The van der Waals surface area contributed by atoms with Crippen molar-refractivity contribution in [3.8, 4) is 0 Å². The summed E-state index contributed by atoms with van der Waals surface area (Å²) in [6.07, 6.45) is 0.794. The molecule has 114 valence electrons. The standard InChI is InChI=1S/C16H20F2N2O/c1-10-5-13-12-4-3-11(17)6-14(12)19-15(13)7-20(10)8-16(2,18)9-21/h3-4,6,10,19,21H,5,7-9H2,1-2H3. The third-order valence-electron chi connectivity index (χ3n) is 4.30. The highest BCUT2D eigenvalue weighted by Gasteiger charge is 2.32. The van der Waals surface area contributed by atoms with E-state index in [0.717, 1.165) is 23.0 Å². The summed E-state index contributed by atoms with van der Waals surface area (Å²) in [5.74, 6) is -0.261. The van der Waals surface area contributed by atoms with Crippen molar-refractivity contribution in [3.05, 3.63) is 35.3 Å². The molecule has 0 saturated heterocycles. The topological polar surface area (TPSA) is 39.3 Å². The van der Waals surface area contributed by atoms with Crippen LogP contribution in [0.2, 0.25) is 0 Å². The summed E-state index contributed by atoms with van der Waals surface area (Å²) in [4.78, 5) is 5.26. The summed E-state index contributed by atoms with van der Waals surface area (Å²) >= 11 is 0. The molecule has 0 spiro atoms. The molecule has 2 heterocycles. The van der Waals surface area contributed by atoms with Crippen LogP contribution >= 0.6 is 0 Å². The zero-order valence-electron chi connectivity index (χ0n) is 12.3. The van der Waals surface area contributed by atoms with Gasteiger partial charge in [-0.3, -0.25) is 4.90 Å². The van der Waals surface area contributed by atoms with Gasteiger partial charge in [-0.1, -0.05) is 0 Å². The van der Waals surface area contributed by atoms with Crippen LogP contribution in [-0.2, 0) is 13.0 Å². The van der Waals surface area contributed by atoms with Crippen LogP contribution in [0.3, 0.4) is 0 Å². The van der Waals surface area contributed by atoms with Crippen LogP contribution in [0.4, 0.5) is 8.78 Å². The Labute approximate surface area is 122 Å². The van der Waals surface area contributed by atoms with Crippen LogP contribution in [0.15, 0.2) is 18.2 Å². The fourth-order valence-electron chi connectivity index (χ4n) is 3.12. The second-order valence-electron chi connectivity index (χ2n) is 6.30. The molecule has 1 aliphatic heterocycles. The average Bonchev–Trinajstić information content (AvgIpc) is 2.75. The highest BCUT2D eigenvalue weighted by molar-refractivity contribution is 5.85. The smallest absolute Gasteiger partial charge is 0.143 e. The molecule has 0 aliphatic carbocycles. The Kier molecular flexibility index (Phi) is 3.50. The van der Waals surface area contributed by atoms with E-state index in [0.29, 0.717) is 6.54 Å². The molecular formula is C16H20F2N2O. The van der Waals surface area contributed by atoms with Gasteiger partial charge in [0.2, 0.25) is 0 Å². The molecule has 2 N–H and O–H groups in total. The number of aromatic nitrogens is 1. The molecule has 0 fully saturated rings. The van der Waals surface area contributed by atoms with E-state index in [-0.39, 0.29) is 18.4 Å². The summed E-state index contributed by atoms with van der Waals surface area (Å²) < 4.78 is 27.4. The number of nitrogens with zero attached hydrogens (tertiary/aromatic N) is 1. The van der Waals surface area contributed by atoms with Gasteiger partial charge in [0.15, 0.2) is 0 Å². The van der Waals surface area contributed by atoms with Crippen LogP contribution in [0.25, 0.3) is 10.9 Å². The van der Waals surface area contributed by atoms with Gasteiger partial charge in [-0.25, -0.2) is 8.78 Å². The van der Waals surface area contributed by atoms with Gasteiger partial charge in [-0.05, 0) is 44.0 Å². The van der Waals surface area contributed by atoms with Crippen molar-refractivity contribution in [1.82, 2.24) is 9.88 Å². The minimum absolute atomic E-state index is 0.183. The Morgan fingerprint density at radius 3 is 2.95 bits per heavy atom.